The third kappa shape index (κ3) is 6.11. The van der Waals surface area contributed by atoms with Crippen LogP contribution in [0.1, 0.15) is 25.0 Å². The largest absolute Gasteiger partial charge is 0.349 e. The van der Waals surface area contributed by atoms with E-state index in [1.165, 1.54) is 24.3 Å². The maximum absolute atomic E-state index is 13.4. The SMILES string of the molecule is Cc1ccc(N(CC(=O)NC(C)(C)Cc2ccccc2)S(=O)(=O)c2ccc(Cl)cc2)cc1. The van der Waals surface area contributed by atoms with E-state index in [1.54, 1.807) is 12.1 Å². The van der Waals surface area contributed by atoms with Gasteiger partial charge in [0.15, 0.2) is 0 Å². The molecule has 0 bridgehead atoms. The van der Waals surface area contributed by atoms with Crippen molar-refractivity contribution >= 4 is 33.2 Å². The molecule has 5 nitrogen and oxygen atoms in total. The molecule has 0 saturated carbocycles. The molecule has 0 atom stereocenters. The summed E-state index contributed by atoms with van der Waals surface area (Å²) in [6, 6.07) is 22.8. The Kier molecular flexibility index (Phi) is 7.26. The Morgan fingerprint density at radius 3 is 2.12 bits per heavy atom. The van der Waals surface area contributed by atoms with E-state index in [1.807, 2.05) is 63.2 Å². The summed E-state index contributed by atoms with van der Waals surface area (Å²) in [5, 5.41) is 3.42. The molecule has 0 radical (unpaired) electrons. The van der Waals surface area contributed by atoms with Gasteiger partial charge in [-0.3, -0.25) is 9.10 Å². The molecule has 0 unspecified atom stereocenters. The lowest BCUT2D eigenvalue weighted by molar-refractivity contribution is -0.121. The number of sulfonamides is 1. The molecule has 168 valence electrons. The van der Waals surface area contributed by atoms with Crippen molar-refractivity contribution in [2.24, 2.45) is 0 Å². The second-order valence-corrected chi connectivity index (χ2v) is 10.7. The fourth-order valence-corrected chi connectivity index (χ4v) is 5.00. The highest BCUT2D eigenvalue weighted by Gasteiger charge is 2.29. The second kappa shape index (κ2) is 9.76. The highest BCUT2D eigenvalue weighted by molar-refractivity contribution is 7.92. The van der Waals surface area contributed by atoms with Crippen LogP contribution in [0.5, 0.6) is 0 Å². The highest BCUT2D eigenvalue weighted by atomic mass is 35.5. The van der Waals surface area contributed by atoms with Gasteiger partial charge in [0.25, 0.3) is 10.0 Å². The molecule has 7 heteroatoms. The van der Waals surface area contributed by atoms with Crippen LogP contribution in [0.25, 0.3) is 0 Å². The monoisotopic (exact) mass is 470 g/mol. The summed E-state index contributed by atoms with van der Waals surface area (Å²) >= 11 is 5.93. The molecular weight excluding hydrogens is 444 g/mol. The molecule has 1 N–H and O–H groups in total. The smallest absolute Gasteiger partial charge is 0.264 e. The molecule has 1 amide bonds. The first-order valence-electron chi connectivity index (χ1n) is 10.3. The number of hydrogen-bond acceptors (Lipinski definition) is 3. The standard InChI is InChI=1S/C25H27ClN2O3S/c1-19-9-13-22(14-10-19)28(32(30,31)23-15-11-21(26)12-16-23)18-24(29)27-25(2,3)17-20-7-5-4-6-8-20/h4-16H,17-18H2,1-3H3,(H,27,29). The summed E-state index contributed by atoms with van der Waals surface area (Å²) in [6.07, 6.45) is 0.619. The summed E-state index contributed by atoms with van der Waals surface area (Å²) in [6.45, 7) is 5.41. The first-order valence-corrected chi connectivity index (χ1v) is 12.1. The van der Waals surface area contributed by atoms with Crippen LogP contribution in [0.15, 0.2) is 83.8 Å². The van der Waals surface area contributed by atoms with Gasteiger partial charge in [-0.2, -0.15) is 0 Å². The lowest BCUT2D eigenvalue weighted by Crippen LogP contribution is -2.50. The molecule has 0 aliphatic rings. The molecule has 0 saturated heterocycles. The van der Waals surface area contributed by atoms with Crippen molar-refractivity contribution in [1.29, 1.82) is 0 Å². The Labute approximate surface area is 195 Å². The molecule has 32 heavy (non-hydrogen) atoms. The Morgan fingerprint density at radius 1 is 0.938 bits per heavy atom. The predicted octanol–water partition coefficient (Wildman–Crippen LogP) is 4.98. The van der Waals surface area contributed by atoms with Crippen molar-refractivity contribution in [3.63, 3.8) is 0 Å². The lowest BCUT2D eigenvalue weighted by atomic mass is 9.95. The minimum absolute atomic E-state index is 0.0684. The van der Waals surface area contributed by atoms with Gasteiger partial charge in [-0.25, -0.2) is 8.42 Å². The fraction of sp³-hybridized carbons (Fsp3) is 0.240. The van der Waals surface area contributed by atoms with Gasteiger partial charge in [0.2, 0.25) is 5.91 Å². The summed E-state index contributed by atoms with van der Waals surface area (Å²) in [4.78, 5) is 13.1. The van der Waals surface area contributed by atoms with Gasteiger partial charge in [0, 0.05) is 10.6 Å². The summed E-state index contributed by atoms with van der Waals surface area (Å²) in [5.74, 6) is -0.385. The van der Waals surface area contributed by atoms with Gasteiger partial charge in [0.1, 0.15) is 6.54 Å². The van der Waals surface area contributed by atoms with E-state index in [-0.39, 0.29) is 17.3 Å². The molecule has 0 aromatic heterocycles. The van der Waals surface area contributed by atoms with Crippen LogP contribution in [0.3, 0.4) is 0 Å². The highest BCUT2D eigenvalue weighted by Crippen LogP contribution is 2.25. The van der Waals surface area contributed by atoms with E-state index in [0.717, 1.165) is 15.4 Å². The average molecular weight is 471 g/mol. The molecule has 0 fully saturated rings. The van der Waals surface area contributed by atoms with Crippen molar-refractivity contribution in [3.8, 4) is 0 Å². The van der Waals surface area contributed by atoms with Crippen molar-refractivity contribution in [2.45, 2.75) is 37.6 Å². The topological polar surface area (TPSA) is 66.5 Å². The number of anilines is 1. The first kappa shape index (κ1) is 23.8. The number of hydrogen-bond donors (Lipinski definition) is 1. The fourth-order valence-electron chi connectivity index (χ4n) is 3.46. The zero-order valence-corrected chi connectivity index (χ0v) is 20.0. The lowest BCUT2D eigenvalue weighted by Gasteiger charge is -2.29. The third-order valence-electron chi connectivity index (χ3n) is 4.98. The van der Waals surface area contributed by atoms with Gasteiger partial charge in [-0.05, 0) is 69.2 Å². The molecule has 0 aliphatic carbocycles. The predicted molar refractivity (Wildman–Crippen MR) is 130 cm³/mol. The van der Waals surface area contributed by atoms with Crippen LogP contribution in [0.4, 0.5) is 5.69 Å². The van der Waals surface area contributed by atoms with E-state index in [0.29, 0.717) is 17.1 Å². The third-order valence-corrected chi connectivity index (χ3v) is 7.02. The van der Waals surface area contributed by atoms with Gasteiger partial charge in [0.05, 0.1) is 10.6 Å². The number of carbonyl (C=O) groups excluding carboxylic acids is 1. The summed E-state index contributed by atoms with van der Waals surface area (Å²) in [5.41, 5.74) is 1.94. The molecule has 0 spiro atoms. The van der Waals surface area contributed by atoms with Crippen LogP contribution in [-0.2, 0) is 21.2 Å². The van der Waals surface area contributed by atoms with Gasteiger partial charge >= 0.3 is 0 Å². The van der Waals surface area contributed by atoms with Gasteiger partial charge in [-0.15, -0.1) is 0 Å². The molecule has 3 aromatic carbocycles. The maximum atomic E-state index is 13.4. The molecule has 0 aliphatic heterocycles. The van der Waals surface area contributed by atoms with E-state index in [9.17, 15) is 13.2 Å². The van der Waals surface area contributed by atoms with E-state index >= 15 is 0 Å². The number of nitrogens with one attached hydrogen (secondary N) is 1. The summed E-state index contributed by atoms with van der Waals surface area (Å²) in [7, 11) is -3.98. The zero-order chi connectivity index (χ0) is 23.4. The number of amides is 1. The number of nitrogens with zero attached hydrogens (tertiary/aromatic N) is 1. The van der Waals surface area contributed by atoms with Gasteiger partial charge in [-0.1, -0.05) is 59.6 Å². The number of benzene rings is 3. The Morgan fingerprint density at radius 2 is 1.53 bits per heavy atom. The van der Waals surface area contributed by atoms with E-state index in [4.69, 9.17) is 11.6 Å². The molecule has 0 heterocycles. The minimum Gasteiger partial charge on any atom is -0.349 e. The number of carbonyl (C=O) groups is 1. The van der Waals surface area contributed by atoms with Crippen LogP contribution in [-0.4, -0.2) is 26.4 Å². The summed E-state index contributed by atoms with van der Waals surface area (Å²) < 4.78 is 28.0. The molecule has 3 rings (SSSR count). The maximum Gasteiger partial charge on any atom is 0.264 e. The van der Waals surface area contributed by atoms with Crippen LogP contribution in [0.2, 0.25) is 5.02 Å². The van der Waals surface area contributed by atoms with Crippen LogP contribution >= 0.6 is 11.6 Å². The quantitative estimate of drug-likeness (QED) is 0.504. The van der Waals surface area contributed by atoms with Crippen molar-refractivity contribution in [1.82, 2.24) is 5.32 Å². The van der Waals surface area contributed by atoms with Crippen molar-refractivity contribution in [3.05, 3.63) is 95.0 Å². The zero-order valence-electron chi connectivity index (χ0n) is 18.4. The molecular formula is C25H27ClN2O3S. The normalized spacial score (nSPS) is 11.8. The van der Waals surface area contributed by atoms with Crippen LogP contribution < -0.4 is 9.62 Å². The minimum atomic E-state index is -3.98. The van der Waals surface area contributed by atoms with Gasteiger partial charge < -0.3 is 5.32 Å². The Hall–Kier alpha value is -2.83. The van der Waals surface area contributed by atoms with Crippen LogP contribution in [0, 0.1) is 6.92 Å². The number of halogens is 1. The molecule has 3 aromatic rings. The van der Waals surface area contributed by atoms with E-state index in [2.05, 4.69) is 5.32 Å². The van der Waals surface area contributed by atoms with E-state index < -0.39 is 15.6 Å². The first-order chi connectivity index (χ1) is 15.1. The van der Waals surface area contributed by atoms with Crippen molar-refractivity contribution in [2.75, 3.05) is 10.8 Å². The number of aryl methyl sites for hydroxylation is 1. The Balaban J connectivity index is 1.86. The number of rotatable bonds is 8. The van der Waals surface area contributed by atoms with Crippen molar-refractivity contribution < 1.29 is 13.2 Å². The average Bonchev–Trinajstić information content (AvgIpc) is 2.73. The Bertz CT molecular complexity index is 1160. The second-order valence-electron chi connectivity index (χ2n) is 8.40.